The highest BCUT2D eigenvalue weighted by Crippen LogP contribution is 2.24. The number of benzene rings is 1. The Hall–Kier alpha value is -1.54. The Morgan fingerprint density at radius 3 is 2.55 bits per heavy atom. The molecule has 8 heteroatoms. The second kappa shape index (κ2) is 11.6. The van der Waals surface area contributed by atoms with Crippen LogP contribution < -0.4 is 5.56 Å². The highest BCUT2D eigenvalue weighted by Gasteiger charge is 2.19. The van der Waals surface area contributed by atoms with Crippen molar-refractivity contribution in [3.8, 4) is 11.6 Å². The van der Waals surface area contributed by atoms with Gasteiger partial charge in [0, 0.05) is 25.4 Å². The molecule has 0 atom stereocenters. The lowest BCUT2D eigenvalue weighted by atomic mass is 10.0. The van der Waals surface area contributed by atoms with Gasteiger partial charge in [0.1, 0.15) is 0 Å². The van der Waals surface area contributed by atoms with Crippen molar-refractivity contribution < 1.29 is 9.84 Å². The summed E-state index contributed by atoms with van der Waals surface area (Å²) in [5.74, 6) is 1.11. The highest BCUT2D eigenvalue weighted by molar-refractivity contribution is 7.99. The van der Waals surface area contributed by atoms with E-state index < -0.39 is 0 Å². The van der Waals surface area contributed by atoms with Crippen molar-refractivity contribution in [1.29, 1.82) is 0 Å². The Bertz CT molecular complexity index is 824. The first-order valence-electron chi connectivity index (χ1n) is 9.89. The van der Waals surface area contributed by atoms with E-state index in [4.69, 9.17) is 4.74 Å². The van der Waals surface area contributed by atoms with Crippen LogP contribution in [0.5, 0.6) is 5.88 Å². The second-order valence-corrected chi connectivity index (χ2v) is 8.47. The van der Waals surface area contributed by atoms with Crippen LogP contribution in [0.15, 0.2) is 40.3 Å². The van der Waals surface area contributed by atoms with Gasteiger partial charge < -0.3 is 9.84 Å². The minimum atomic E-state index is -0.173. The molecule has 1 N–H and O–H groups in total. The molecule has 1 saturated heterocycles. The van der Waals surface area contributed by atoms with Gasteiger partial charge in [0.25, 0.3) is 5.56 Å². The number of halogens is 1. The number of nitrogens with zero attached hydrogens (tertiary/aromatic N) is 3. The average Bonchev–Trinajstić information content (AvgIpc) is 2.69. The Labute approximate surface area is 182 Å². The molecule has 0 unspecified atom stereocenters. The van der Waals surface area contributed by atoms with Gasteiger partial charge in [0.15, 0.2) is 5.16 Å². The molecule has 1 fully saturated rings. The zero-order valence-corrected chi connectivity index (χ0v) is 18.7. The Morgan fingerprint density at radius 1 is 1.21 bits per heavy atom. The van der Waals surface area contributed by atoms with Gasteiger partial charge in [-0.25, -0.2) is 0 Å². The van der Waals surface area contributed by atoms with Gasteiger partial charge in [-0.15, -0.1) is 12.4 Å². The summed E-state index contributed by atoms with van der Waals surface area (Å²) < 4.78 is 7.02. The van der Waals surface area contributed by atoms with E-state index in [0.717, 1.165) is 50.7 Å². The van der Waals surface area contributed by atoms with E-state index >= 15 is 0 Å². The maximum absolute atomic E-state index is 13.2. The molecule has 0 radical (unpaired) electrons. The van der Waals surface area contributed by atoms with Crippen LogP contribution >= 0.6 is 24.2 Å². The van der Waals surface area contributed by atoms with Crippen LogP contribution in [0.4, 0.5) is 0 Å². The molecule has 0 amide bonds. The molecule has 2 heterocycles. The van der Waals surface area contributed by atoms with E-state index in [1.54, 1.807) is 4.57 Å². The maximum atomic E-state index is 13.2. The standard InChI is InChI=1S/C21H29N3O3S.ClH/c1-16(2)8-9-18-19(25)22-21(28-15-12-23-10-13-27-14-11-23)24(20(18)26)17-6-4-3-5-7-17;/h3-7,16,25H,8-15H2,1-2H3;1H. The number of aromatic nitrogens is 2. The summed E-state index contributed by atoms with van der Waals surface area (Å²) in [5, 5.41) is 11.0. The molecule has 1 aliphatic heterocycles. The van der Waals surface area contributed by atoms with E-state index in [9.17, 15) is 9.90 Å². The number of hydrogen-bond acceptors (Lipinski definition) is 6. The largest absolute Gasteiger partial charge is 0.493 e. The SMILES string of the molecule is CC(C)CCc1c(O)nc(SCCN2CCOCC2)n(-c2ccccc2)c1=O.Cl. The lowest BCUT2D eigenvalue weighted by molar-refractivity contribution is 0.0410. The van der Waals surface area contributed by atoms with Crippen LogP contribution in [0.3, 0.4) is 0 Å². The van der Waals surface area contributed by atoms with Crippen LogP contribution in [0.1, 0.15) is 25.8 Å². The molecule has 3 rings (SSSR count). The molecular weight excluding hydrogens is 410 g/mol. The van der Waals surface area contributed by atoms with Crippen molar-refractivity contribution in [3.63, 3.8) is 0 Å². The molecule has 1 aromatic carbocycles. The second-order valence-electron chi connectivity index (χ2n) is 7.41. The maximum Gasteiger partial charge on any atom is 0.265 e. The molecule has 1 aliphatic rings. The van der Waals surface area contributed by atoms with Crippen molar-refractivity contribution >= 4 is 24.2 Å². The summed E-state index contributed by atoms with van der Waals surface area (Å²) in [4.78, 5) is 20.0. The number of thioether (sulfide) groups is 1. The van der Waals surface area contributed by atoms with E-state index in [-0.39, 0.29) is 23.8 Å². The molecule has 6 nitrogen and oxygen atoms in total. The first-order chi connectivity index (χ1) is 13.6. The molecule has 0 saturated carbocycles. The molecule has 29 heavy (non-hydrogen) atoms. The molecule has 0 spiro atoms. The summed E-state index contributed by atoms with van der Waals surface area (Å²) in [5.41, 5.74) is 1.00. The summed E-state index contributed by atoms with van der Waals surface area (Å²) in [6.07, 6.45) is 1.36. The van der Waals surface area contributed by atoms with E-state index in [0.29, 0.717) is 23.1 Å². The summed E-state index contributed by atoms with van der Waals surface area (Å²) in [7, 11) is 0. The predicted molar refractivity (Wildman–Crippen MR) is 120 cm³/mol. The quantitative estimate of drug-likeness (QED) is 0.502. The molecular formula is C21H30ClN3O3S. The van der Waals surface area contributed by atoms with Crippen LogP contribution in [-0.2, 0) is 11.2 Å². The zero-order chi connectivity index (χ0) is 19.9. The third-order valence-electron chi connectivity index (χ3n) is 4.85. The van der Waals surface area contributed by atoms with Crippen molar-refractivity contribution in [2.24, 2.45) is 5.92 Å². The minimum Gasteiger partial charge on any atom is -0.493 e. The molecule has 0 bridgehead atoms. The van der Waals surface area contributed by atoms with Gasteiger partial charge in [-0.2, -0.15) is 4.98 Å². The van der Waals surface area contributed by atoms with Gasteiger partial charge in [-0.05, 0) is 30.9 Å². The van der Waals surface area contributed by atoms with Crippen LogP contribution in [0.25, 0.3) is 5.69 Å². The monoisotopic (exact) mass is 439 g/mol. The van der Waals surface area contributed by atoms with Crippen molar-refractivity contribution in [2.45, 2.75) is 31.8 Å². The third-order valence-corrected chi connectivity index (χ3v) is 5.77. The van der Waals surface area contributed by atoms with E-state index in [2.05, 4.69) is 23.7 Å². The first-order valence-corrected chi connectivity index (χ1v) is 10.9. The van der Waals surface area contributed by atoms with Crippen molar-refractivity contribution in [1.82, 2.24) is 14.5 Å². The Morgan fingerprint density at radius 2 is 1.90 bits per heavy atom. The predicted octanol–water partition coefficient (Wildman–Crippen LogP) is 3.37. The fraction of sp³-hybridized carbons (Fsp3) is 0.524. The Balaban J connectivity index is 0.00000300. The number of aromatic hydroxyl groups is 1. The average molecular weight is 440 g/mol. The van der Waals surface area contributed by atoms with Crippen LogP contribution in [0.2, 0.25) is 0 Å². The van der Waals surface area contributed by atoms with E-state index in [1.165, 1.54) is 11.8 Å². The third kappa shape index (κ3) is 6.47. The molecule has 1 aromatic heterocycles. The first kappa shape index (κ1) is 23.7. The lowest BCUT2D eigenvalue weighted by Crippen LogP contribution is -2.37. The van der Waals surface area contributed by atoms with Crippen molar-refractivity contribution in [3.05, 3.63) is 46.2 Å². The van der Waals surface area contributed by atoms with Gasteiger partial charge in [0.05, 0.1) is 24.5 Å². The fourth-order valence-electron chi connectivity index (χ4n) is 3.17. The number of rotatable bonds is 8. The van der Waals surface area contributed by atoms with Gasteiger partial charge >= 0.3 is 0 Å². The smallest absolute Gasteiger partial charge is 0.265 e. The topological polar surface area (TPSA) is 67.6 Å². The van der Waals surface area contributed by atoms with Crippen LogP contribution in [-0.4, -0.2) is 58.2 Å². The number of para-hydroxylation sites is 1. The zero-order valence-electron chi connectivity index (χ0n) is 17.0. The van der Waals surface area contributed by atoms with Gasteiger partial charge in [-0.1, -0.05) is 43.8 Å². The number of ether oxygens (including phenoxy) is 1. The van der Waals surface area contributed by atoms with Crippen LogP contribution in [0, 0.1) is 5.92 Å². The van der Waals surface area contributed by atoms with Gasteiger partial charge in [0.2, 0.25) is 5.88 Å². The van der Waals surface area contributed by atoms with E-state index in [1.807, 2.05) is 30.3 Å². The summed E-state index contributed by atoms with van der Waals surface area (Å²) in [6, 6.07) is 9.54. The Kier molecular flexibility index (Phi) is 9.49. The van der Waals surface area contributed by atoms with Crippen molar-refractivity contribution in [2.75, 3.05) is 38.6 Å². The fourth-order valence-corrected chi connectivity index (χ4v) is 4.17. The normalized spacial score (nSPS) is 14.7. The lowest BCUT2D eigenvalue weighted by Gasteiger charge is -2.26. The summed E-state index contributed by atoms with van der Waals surface area (Å²) in [6.45, 7) is 8.50. The minimum absolute atomic E-state index is 0. The number of hydrogen-bond donors (Lipinski definition) is 1. The highest BCUT2D eigenvalue weighted by atomic mass is 35.5. The molecule has 0 aliphatic carbocycles. The summed E-state index contributed by atoms with van der Waals surface area (Å²) >= 11 is 1.51. The molecule has 160 valence electrons. The molecule has 2 aromatic rings. The van der Waals surface area contributed by atoms with Gasteiger partial charge in [-0.3, -0.25) is 14.3 Å². The number of morpholine rings is 1.